The summed E-state index contributed by atoms with van der Waals surface area (Å²) in [5.74, 6) is -4.84. The molecular formula is C41H35Br2N3O6. The number of allylic oxidation sites excluding steroid dienone is 2. The number of likely N-dealkylation sites (tertiary alicyclic amines) is 1. The average molecular weight is 826 g/mol. The monoisotopic (exact) mass is 823 g/mol. The third kappa shape index (κ3) is 5.07. The number of halogens is 2. The van der Waals surface area contributed by atoms with Crippen LogP contribution in [0.15, 0.2) is 112 Å². The fourth-order valence-electron chi connectivity index (χ4n) is 9.06. The first-order valence-electron chi connectivity index (χ1n) is 17.2. The van der Waals surface area contributed by atoms with Crippen LogP contribution in [-0.2, 0) is 31.1 Å². The number of hydrogen-bond donors (Lipinski definition) is 2. The highest BCUT2D eigenvalue weighted by Crippen LogP contribution is 2.65. The van der Waals surface area contributed by atoms with E-state index in [2.05, 4.69) is 37.3 Å². The number of ether oxygens (including phenoxy) is 1. The van der Waals surface area contributed by atoms with Crippen LogP contribution in [0.2, 0.25) is 0 Å². The molecule has 2 saturated heterocycles. The summed E-state index contributed by atoms with van der Waals surface area (Å²) in [6.45, 7) is 2.12. The quantitative estimate of drug-likeness (QED) is 0.147. The van der Waals surface area contributed by atoms with E-state index in [1.54, 1.807) is 6.07 Å². The fraction of sp³-hybridized carbons (Fsp3) is 0.268. The van der Waals surface area contributed by atoms with Crippen LogP contribution in [0.1, 0.15) is 41.0 Å². The zero-order valence-corrected chi connectivity index (χ0v) is 31.6. The number of carbonyl (C=O) groups is 4. The van der Waals surface area contributed by atoms with E-state index in [-0.39, 0.29) is 36.3 Å². The van der Waals surface area contributed by atoms with Gasteiger partial charge in [-0.15, -0.1) is 0 Å². The van der Waals surface area contributed by atoms with Crippen LogP contribution in [0, 0.1) is 30.6 Å². The SMILES string of the molecule is COc1cc(C2C3=CCC4C(=O)N(Cc5ccccc5)C(=O)C4C3CC3C(=O)N(Nc4ccc(C)cc4)C(=O)C32c2ccccc2)c(Br)c(Br)c1O. The third-order valence-corrected chi connectivity index (χ3v) is 13.5. The summed E-state index contributed by atoms with van der Waals surface area (Å²) in [6, 6.07) is 27.9. The average Bonchev–Trinajstić information content (AvgIpc) is 3.53. The van der Waals surface area contributed by atoms with Crippen molar-refractivity contribution in [2.45, 2.75) is 37.6 Å². The van der Waals surface area contributed by atoms with Gasteiger partial charge < -0.3 is 9.84 Å². The summed E-state index contributed by atoms with van der Waals surface area (Å²) >= 11 is 7.27. The van der Waals surface area contributed by atoms with Gasteiger partial charge in [0.1, 0.15) is 0 Å². The molecule has 0 bridgehead atoms. The van der Waals surface area contributed by atoms with E-state index in [1.807, 2.05) is 97.9 Å². The van der Waals surface area contributed by atoms with Crippen LogP contribution in [0.4, 0.5) is 5.69 Å². The zero-order valence-electron chi connectivity index (χ0n) is 28.4. The van der Waals surface area contributed by atoms with Crippen LogP contribution >= 0.6 is 31.9 Å². The molecule has 52 heavy (non-hydrogen) atoms. The van der Waals surface area contributed by atoms with Crippen LogP contribution in [-0.4, -0.2) is 45.8 Å². The molecule has 4 amide bonds. The number of rotatable bonds is 7. The van der Waals surface area contributed by atoms with Crippen molar-refractivity contribution in [3.05, 3.63) is 134 Å². The topological polar surface area (TPSA) is 116 Å². The number of amides is 4. The number of nitrogens with one attached hydrogen (secondary N) is 1. The first kappa shape index (κ1) is 34.4. The minimum Gasteiger partial charge on any atom is -0.503 e. The number of carbonyl (C=O) groups excluding carboxylic acids is 4. The van der Waals surface area contributed by atoms with Gasteiger partial charge in [0.2, 0.25) is 11.8 Å². The summed E-state index contributed by atoms with van der Waals surface area (Å²) < 4.78 is 6.44. The van der Waals surface area contributed by atoms with Gasteiger partial charge in [-0.25, -0.2) is 0 Å². The summed E-state index contributed by atoms with van der Waals surface area (Å²) in [7, 11) is 1.45. The number of phenolic OH excluding ortho intramolecular Hbond substituents is 1. The van der Waals surface area contributed by atoms with E-state index >= 15 is 4.79 Å². The van der Waals surface area contributed by atoms with Crippen molar-refractivity contribution in [2.24, 2.45) is 23.7 Å². The summed E-state index contributed by atoms with van der Waals surface area (Å²) in [5, 5.41) is 12.1. The molecule has 2 aliphatic carbocycles. The summed E-state index contributed by atoms with van der Waals surface area (Å²) in [6.07, 6.45) is 2.50. The largest absolute Gasteiger partial charge is 0.503 e. The van der Waals surface area contributed by atoms with Gasteiger partial charge in [-0.2, -0.15) is 5.01 Å². The van der Waals surface area contributed by atoms with Crippen LogP contribution in [0.5, 0.6) is 11.5 Å². The van der Waals surface area contributed by atoms with Crippen LogP contribution < -0.4 is 10.2 Å². The van der Waals surface area contributed by atoms with Gasteiger partial charge in [0, 0.05) is 10.4 Å². The van der Waals surface area contributed by atoms with E-state index in [0.717, 1.165) is 21.7 Å². The molecule has 3 fully saturated rings. The maximum Gasteiger partial charge on any atom is 0.260 e. The summed E-state index contributed by atoms with van der Waals surface area (Å²) in [5.41, 5.74) is 6.16. The van der Waals surface area contributed by atoms with E-state index < -0.39 is 46.8 Å². The minimum absolute atomic E-state index is 0.127. The number of fused-ring (bicyclic) bond motifs is 4. The first-order valence-corrected chi connectivity index (χ1v) is 18.8. The Kier molecular flexibility index (Phi) is 8.61. The normalized spacial score (nSPS) is 26.5. The molecule has 6 unspecified atom stereocenters. The Morgan fingerprint density at radius 3 is 2.21 bits per heavy atom. The Balaban J connectivity index is 1.34. The van der Waals surface area contributed by atoms with Gasteiger partial charge >= 0.3 is 0 Å². The number of benzene rings is 4. The van der Waals surface area contributed by atoms with E-state index in [4.69, 9.17) is 4.74 Å². The van der Waals surface area contributed by atoms with Crippen molar-refractivity contribution in [3.63, 3.8) is 0 Å². The number of aryl methyl sites for hydroxylation is 1. The molecular weight excluding hydrogens is 790 g/mol. The number of imide groups is 2. The number of hydrogen-bond acceptors (Lipinski definition) is 7. The molecule has 4 aliphatic rings. The van der Waals surface area contributed by atoms with Gasteiger partial charge in [0.25, 0.3) is 11.8 Å². The predicted molar refractivity (Wildman–Crippen MR) is 201 cm³/mol. The minimum atomic E-state index is -1.47. The second kappa shape index (κ2) is 13.0. The van der Waals surface area contributed by atoms with Gasteiger partial charge in [-0.1, -0.05) is 90.0 Å². The van der Waals surface area contributed by atoms with E-state index in [9.17, 15) is 19.5 Å². The van der Waals surface area contributed by atoms with E-state index in [0.29, 0.717) is 32.2 Å². The predicted octanol–water partition coefficient (Wildman–Crippen LogP) is 7.42. The highest BCUT2D eigenvalue weighted by atomic mass is 79.9. The number of phenols is 1. The number of aromatic hydroxyl groups is 1. The maximum atomic E-state index is 15.4. The van der Waals surface area contributed by atoms with Crippen LogP contribution in [0.25, 0.3) is 0 Å². The fourth-order valence-corrected chi connectivity index (χ4v) is 10.0. The van der Waals surface area contributed by atoms with Crippen molar-refractivity contribution >= 4 is 61.2 Å². The molecule has 9 nitrogen and oxygen atoms in total. The molecule has 2 heterocycles. The highest BCUT2D eigenvalue weighted by molar-refractivity contribution is 9.13. The Morgan fingerprint density at radius 1 is 0.865 bits per heavy atom. The third-order valence-electron chi connectivity index (χ3n) is 11.4. The van der Waals surface area contributed by atoms with Gasteiger partial charge in [-0.05, 0) is 92.4 Å². The Bertz CT molecular complexity index is 2160. The second-order valence-corrected chi connectivity index (χ2v) is 15.6. The van der Waals surface area contributed by atoms with Crippen molar-refractivity contribution < 1.29 is 29.0 Å². The number of anilines is 1. The van der Waals surface area contributed by atoms with Crippen LogP contribution in [0.3, 0.4) is 0 Å². The number of nitrogens with zero attached hydrogens (tertiary/aromatic N) is 2. The van der Waals surface area contributed by atoms with Gasteiger partial charge in [-0.3, -0.25) is 29.5 Å². The standard InChI is InChI=1S/C41H35Br2N3O6/c1-22-13-15-25(16-14-22)44-46-38(49)30-19-28-26(17-18-27-32(28)39(50)45(37(27)48)21-23-9-5-3-6-10-23)33(29-20-31(52-2)36(47)35(43)34(29)42)41(30,40(46)51)24-11-7-4-8-12-24/h3-17,20,27-28,30,32-33,44,47H,18-19,21H2,1-2H3. The van der Waals surface area contributed by atoms with Crippen molar-refractivity contribution in [3.8, 4) is 11.5 Å². The Hall–Kier alpha value is -4.74. The molecule has 11 heteroatoms. The van der Waals surface area contributed by atoms with Gasteiger partial charge in [0.05, 0.1) is 47.0 Å². The van der Waals surface area contributed by atoms with Crippen molar-refractivity contribution in [1.29, 1.82) is 0 Å². The molecule has 1 saturated carbocycles. The Morgan fingerprint density at radius 2 is 1.54 bits per heavy atom. The van der Waals surface area contributed by atoms with Crippen molar-refractivity contribution in [1.82, 2.24) is 9.91 Å². The second-order valence-electron chi connectivity index (χ2n) is 14.0. The highest BCUT2D eigenvalue weighted by Gasteiger charge is 2.70. The molecule has 0 radical (unpaired) electrons. The molecule has 0 spiro atoms. The zero-order chi connectivity index (χ0) is 36.5. The van der Waals surface area contributed by atoms with Gasteiger partial charge in [0.15, 0.2) is 11.5 Å². The van der Waals surface area contributed by atoms with Crippen molar-refractivity contribution in [2.75, 3.05) is 12.5 Å². The number of hydrazine groups is 1. The molecule has 4 aromatic rings. The summed E-state index contributed by atoms with van der Waals surface area (Å²) in [4.78, 5) is 60.1. The lowest BCUT2D eigenvalue weighted by Gasteiger charge is -2.51. The molecule has 264 valence electrons. The van der Waals surface area contributed by atoms with E-state index in [1.165, 1.54) is 12.0 Å². The lowest BCUT2D eigenvalue weighted by Crippen LogP contribution is -2.53. The molecule has 2 aliphatic heterocycles. The Labute approximate surface area is 317 Å². The molecule has 6 atom stereocenters. The smallest absolute Gasteiger partial charge is 0.260 e. The molecule has 4 aromatic carbocycles. The number of methoxy groups -OCH3 is 1. The lowest BCUT2D eigenvalue weighted by atomic mass is 9.49. The molecule has 8 rings (SSSR count). The molecule has 2 N–H and O–H groups in total. The molecule has 0 aromatic heterocycles. The first-order chi connectivity index (χ1) is 25.1. The maximum absolute atomic E-state index is 15.4. The lowest BCUT2D eigenvalue weighted by molar-refractivity contribution is -0.142.